The van der Waals surface area contributed by atoms with Crippen LogP contribution in [-0.2, 0) is 11.2 Å². The first kappa shape index (κ1) is 24.2. The summed E-state index contributed by atoms with van der Waals surface area (Å²) in [7, 11) is 3.50. The molecule has 0 saturated heterocycles. The Morgan fingerprint density at radius 2 is 1.83 bits per heavy atom. The van der Waals surface area contributed by atoms with E-state index in [-0.39, 0.29) is 36.4 Å². The third-order valence-corrected chi connectivity index (χ3v) is 5.45. The van der Waals surface area contributed by atoms with Crippen molar-refractivity contribution >= 4 is 35.8 Å². The van der Waals surface area contributed by atoms with E-state index in [4.69, 9.17) is 4.42 Å². The fourth-order valence-electron chi connectivity index (χ4n) is 3.69. The fourth-order valence-corrected chi connectivity index (χ4v) is 3.69. The predicted octanol–water partition coefficient (Wildman–Crippen LogP) is 3.79. The minimum Gasteiger partial charge on any atom is -0.469 e. The summed E-state index contributed by atoms with van der Waals surface area (Å²) in [6.07, 6.45) is 6.98. The Hall–Kier alpha value is -2.03. The van der Waals surface area contributed by atoms with E-state index in [1.807, 2.05) is 12.1 Å². The van der Waals surface area contributed by atoms with Crippen LogP contribution in [0.3, 0.4) is 0 Å². The van der Waals surface area contributed by atoms with Gasteiger partial charge in [-0.1, -0.05) is 30.3 Å². The molecule has 2 aromatic rings. The van der Waals surface area contributed by atoms with Gasteiger partial charge in [0.15, 0.2) is 5.96 Å². The molecule has 0 radical (unpaired) electrons. The maximum Gasteiger partial charge on any atom is 0.243 e. The first-order chi connectivity index (χ1) is 14.1. The second-order valence-corrected chi connectivity index (χ2v) is 7.81. The quantitative estimate of drug-likeness (QED) is 0.329. The van der Waals surface area contributed by atoms with Gasteiger partial charge in [0, 0.05) is 33.1 Å². The molecular weight excluding hydrogens is 491 g/mol. The van der Waals surface area contributed by atoms with Gasteiger partial charge in [0.05, 0.1) is 6.26 Å². The first-order valence-corrected chi connectivity index (χ1v) is 10.4. The average Bonchev–Trinajstić information content (AvgIpc) is 3.26. The number of carbonyl (C=O) groups excluding carboxylic acids is 1. The molecule has 0 aliphatic heterocycles. The van der Waals surface area contributed by atoms with E-state index in [0.717, 1.165) is 37.9 Å². The molecule has 1 aliphatic carbocycles. The van der Waals surface area contributed by atoms with Crippen LogP contribution in [0.25, 0.3) is 0 Å². The van der Waals surface area contributed by atoms with Gasteiger partial charge in [-0.2, -0.15) is 0 Å². The van der Waals surface area contributed by atoms with Crippen LogP contribution in [-0.4, -0.2) is 50.0 Å². The fraction of sp³-hybridized carbons (Fsp3) is 0.478. The number of hydrogen-bond donors (Lipinski definition) is 2. The standard InChI is InChI=1S/C23H32N4O2.HI/c1-27(2)22(28)17-25-23(24-15-14-21-9-6-16-29-21)26-20-12-10-19(11-13-20)18-7-4-3-5-8-18;/h3-9,16,19-20H,10-15,17H2,1-2H3,(H2,24,25,26);1H. The highest BCUT2D eigenvalue weighted by Gasteiger charge is 2.23. The number of nitrogens with zero attached hydrogens (tertiary/aromatic N) is 2. The molecule has 164 valence electrons. The maximum atomic E-state index is 11.9. The molecule has 1 fully saturated rings. The lowest BCUT2D eigenvalue weighted by molar-refractivity contribution is -0.127. The van der Waals surface area contributed by atoms with Crippen molar-refractivity contribution in [2.45, 2.75) is 44.1 Å². The summed E-state index contributed by atoms with van der Waals surface area (Å²) >= 11 is 0. The van der Waals surface area contributed by atoms with Gasteiger partial charge in [0.1, 0.15) is 12.3 Å². The molecule has 2 N–H and O–H groups in total. The molecule has 3 rings (SSSR count). The molecule has 6 nitrogen and oxygen atoms in total. The minimum atomic E-state index is -0.00933. The molecule has 0 bridgehead atoms. The summed E-state index contributed by atoms with van der Waals surface area (Å²) in [5, 5.41) is 6.89. The number of nitrogens with one attached hydrogen (secondary N) is 2. The van der Waals surface area contributed by atoms with E-state index in [9.17, 15) is 4.79 Å². The lowest BCUT2D eigenvalue weighted by Crippen LogP contribution is -2.45. The van der Waals surface area contributed by atoms with E-state index in [2.05, 4.69) is 46.0 Å². The van der Waals surface area contributed by atoms with Gasteiger partial charge in [-0.05, 0) is 49.3 Å². The lowest BCUT2D eigenvalue weighted by Gasteiger charge is -2.30. The van der Waals surface area contributed by atoms with Crippen molar-refractivity contribution in [3.8, 4) is 0 Å². The number of furan rings is 1. The number of rotatable bonds is 7. The molecule has 7 heteroatoms. The zero-order valence-electron chi connectivity index (χ0n) is 17.8. The second kappa shape index (κ2) is 12.6. The average molecular weight is 524 g/mol. The van der Waals surface area contributed by atoms with Crippen LogP contribution < -0.4 is 10.6 Å². The van der Waals surface area contributed by atoms with Gasteiger partial charge in [0.2, 0.25) is 5.91 Å². The number of carbonyl (C=O) groups is 1. The Balaban J connectivity index is 0.00000320. The highest BCUT2D eigenvalue weighted by Crippen LogP contribution is 2.32. The third kappa shape index (κ3) is 7.66. The number of amides is 1. The molecule has 0 spiro atoms. The van der Waals surface area contributed by atoms with Crippen molar-refractivity contribution < 1.29 is 9.21 Å². The van der Waals surface area contributed by atoms with Gasteiger partial charge in [-0.25, -0.2) is 4.99 Å². The van der Waals surface area contributed by atoms with Crippen LogP contribution >= 0.6 is 24.0 Å². The zero-order valence-corrected chi connectivity index (χ0v) is 20.2. The number of aliphatic imine (C=N–C) groups is 1. The Morgan fingerprint density at radius 1 is 1.10 bits per heavy atom. The summed E-state index contributed by atoms with van der Waals surface area (Å²) < 4.78 is 5.39. The van der Waals surface area contributed by atoms with Crippen LogP contribution in [0.5, 0.6) is 0 Å². The van der Waals surface area contributed by atoms with E-state index in [0.29, 0.717) is 24.5 Å². The third-order valence-electron chi connectivity index (χ3n) is 5.45. The van der Waals surface area contributed by atoms with Crippen LogP contribution in [0.4, 0.5) is 0 Å². The van der Waals surface area contributed by atoms with E-state index < -0.39 is 0 Å². The van der Waals surface area contributed by atoms with Gasteiger partial charge in [-0.3, -0.25) is 4.79 Å². The number of benzene rings is 1. The van der Waals surface area contributed by atoms with Crippen molar-refractivity contribution in [1.29, 1.82) is 0 Å². The number of guanidine groups is 1. The van der Waals surface area contributed by atoms with Crippen molar-refractivity contribution in [3.05, 3.63) is 60.1 Å². The SMILES string of the molecule is CN(C)C(=O)CN=C(NCCc1ccco1)NC1CCC(c2ccccc2)CC1.I. The minimum absolute atomic E-state index is 0. The highest BCUT2D eigenvalue weighted by atomic mass is 127. The predicted molar refractivity (Wildman–Crippen MR) is 131 cm³/mol. The highest BCUT2D eigenvalue weighted by molar-refractivity contribution is 14.0. The smallest absolute Gasteiger partial charge is 0.243 e. The summed E-state index contributed by atoms with van der Waals surface area (Å²) in [4.78, 5) is 18.0. The van der Waals surface area contributed by atoms with Gasteiger partial charge in [0.25, 0.3) is 0 Å². The topological polar surface area (TPSA) is 69.9 Å². The Labute approximate surface area is 196 Å². The number of halogens is 1. The number of likely N-dealkylation sites (N-methyl/N-ethyl adjacent to an activating group) is 1. The molecule has 1 aromatic heterocycles. The van der Waals surface area contributed by atoms with Crippen molar-refractivity contribution in [1.82, 2.24) is 15.5 Å². The lowest BCUT2D eigenvalue weighted by atomic mass is 9.82. The first-order valence-electron chi connectivity index (χ1n) is 10.4. The van der Waals surface area contributed by atoms with Crippen molar-refractivity contribution in [2.24, 2.45) is 4.99 Å². The largest absolute Gasteiger partial charge is 0.469 e. The molecule has 1 aliphatic rings. The molecule has 0 atom stereocenters. The van der Waals surface area contributed by atoms with Crippen LogP contribution in [0.1, 0.15) is 42.9 Å². The Bertz CT molecular complexity index is 770. The van der Waals surface area contributed by atoms with Gasteiger partial charge < -0.3 is 20.0 Å². The van der Waals surface area contributed by atoms with E-state index in [1.54, 1.807) is 25.3 Å². The van der Waals surface area contributed by atoms with Crippen LogP contribution in [0, 0.1) is 0 Å². The molecule has 1 amide bonds. The molecule has 30 heavy (non-hydrogen) atoms. The molecule has 0 unspecified atom stereocenters. The summed E-state index contributed by atoms with van der Waals surface area (Å²) in [6.45, 7) is 0.845. The van der Waals surface area contributed by atoms with E-state index in [1.165, 1.54) is 5.56 Å². The normalized spacial score (nSPS) is 18.9. The molecular formula is C23H33IN4O2. The van der Waals surface area contributed by atoms with Gasteiger partial charge >= 0.3 is 0 Å². The van der Waals surface area contributed by atoms with Gasteiger partial charge in [-0.15, -0.1) is 24.0 Å². The van der Waals surface area contributed by atoms with Crippen molar-refractivity contribution in [2.75, 3.05) is 27.2 Å². The zero-order chi connectivity index (χ0) is 20.5. The Morgan fingerprint density at radius 3 is 2.47 bits per heavy atom. The maximum absolute atomic E-state index is 11.9. The second-order valence-electron chi connectivity index (χ2n) is 7.81. The monoisotopic (exact) mass is 524 g/mol. The molecule has 1 aromatic carbocycles. The molecule has 1 saturated carbocycles. The summed E-state index contributed by atoms with van der Waals surface area (Å²) in [6, 6.07) is 15.0. The summed E-state index contributed by atoms with van der Waals surface area (Å²) in [5.41, 5.74) is 1.44. The van der Waals surface area contributed by atoms with E-state index >= 15 is 0 Å². The van der Waals surface area contributed by atoms with Crippen LogP contribution in [0.2, 0.25) is 0 Å². The summed E-state index contributed by atoms with van der Waals surface area (Å²) in [5.74, 6) is 2.27. The van der Waals surface area contributed by atoms with Crippen LogP contribution in [0.15, 0.2) is 58.1 Å². The number of hydrogen-bond acceptors (Lipinski definition) is 3. The Kier molecular flexibility index (Phi) is 10.2. The molecule has 1 heterocycles. The van der Waals surface area contributed by atoms with Crippen molar-refractivity contribution in [3.63, 3.8) is 0 Å².